The molecule has 12 heavy (non-hydrogen) atoms. The average Bonchev–Trinajstić information content (AvgIpc) is 2.56. The number of hydrogen-bond acceptors (Lipinski definition) is 4. The second-order valence-corrected chi connectivity index (χ2v) is 4.07. The fourth-order valence-corrected chi connectivity index (χ4v) is 1.82. The van der Waals surface area contributed by atoms with Gasteiger partial charge < -0.3 is 4.74 Å². The number of thioether (sulfide) groups is 1. The molecule has 0 saturated carbocycles. The lowest BCUT2D eigenvalue weighted by atomic mass is 10.3. The SMILES string of the molecule is CCC(C)OC(=O)C1NCCS1. The molecule has 3 nitrogen and oxygen atoms in total. The summed E-state index contributed by atoms with van der Waals surface area (Å²) in [5.41, 5.74) is 0. The van der Waals surface area contributed by atoms with Crippen LogP contribution in [0.2, 0.25) is 0 Å². The molecule has 1 saturated heterocycles. The molecule has 0 aromatic rings. The van der Waals surface area contributed by atoms with Gasteiger partial charge in [-0.1, -0.05) is 6.92 Å². The Balaban J connectivity index is 2.27. The van der Waals surface area contributed by atoms with Crippen molar-refractivity contribution < 1.29 is 9.53 Å². The molecule has 2 unspecified atom stereocenters. The van der Waals surface area contributed by atoms with Gasteiger partial charge in [-0.25, -0.2) is 4.79 Å². The van der Waals surface area contributed by atoms with Crippen LogP contribution in [0.1, 0.15) is 20.3 Å². The van der Waals surface area contributed by atoms with E-state index in [1.54, 1.807) is 11.8 Å². The molecule has 0 aromatic carbocycles. The summed E-state index contributed by atoms with van der Waals surface area (Å²) in [5.74, 6) is 0.882. The summed E-state index contributed by atoms with van der Waals surface area (Å²) < 4.78 is 5.16. The lowest BCUT2D eigenvalue weighted by molar-refractivity contribution is -0.148. The molecule has 0 spiro atoms. The number of hydrogen-bond donors (Lipinski definition) is 1. The number of ether oxygens (including phenoxy) is 1. The maximum atomic E-state index is 11.3. The van der Waals surface area contributed by atoms with Gasteiger partial charge in [0.2, 0.25) is 0 Å². The molecule has 0 amide bonds. The van der Waals surface area contributed by atoms with E-state index in [4.69, 9.17) is 4.74 Å². The third kappa shape index (κ3) is 2.68. The van der Waals surface area contributed by atoms with Crippen LogP contribution in [-0.2, 0) is 9.53 Å². The van der Waals surface area contributed by atoms with Gasteiger partial charge in [-0.3, -0.25) is 5.32 Å². The highest BCUT2D eigenvalue weighted by atomic mass is 32.2. The molecular formula is C8H15NO2S. The Labute approximate surface area is 77.2 Å². The Bertz CT molecular complexity index is 157. The Kier molecular flexibility index (Phi) is 3.88. The number of nitrogens with one attached hydrogen (secondary N) is 1. The molecular weight excluding hydrogens is 174 g/mol. The van der Waals surface area contributed by atoms with Gasteiger partial charge in [0, 0.05) is 12.3 Å². The zero-order valence-electron chi connectivity index (χ0n) is 7.50. The van der Waals surface area contributed by atoms with Crippen molar-refractivity contribution in [3.05, 3.63) is 0 Å². The number of carbonyl (C=O) groups is 1. The summed E-state index contributed by atoms with van der Waals surface area (Å²) in [4.78, 5) is 11.3. The van der Waals surface area contributed by atoms with E-state index in [0.29, 0.717) is 0 Å². The van der Waals surface area contributed by atoms with Crippen molar-refractivity contribution in [3.63, 3.8) is 0 Å². The molecule has 1 rings (SSSR count). The van der Waals surface area contributed by atoms with Crippen LogP contribution in [-0.4, -0.2) is 29.7 Å². The fourth-order valence-electron chi connectivity index (χ4n) is 0.921. The molecule has 1 heterocycles. The summed E-state index contributed by atoms with van der Waals surface area (Å²) in [6, 6.07) is 0. The van der Waals surface area contributed by atoms with E-state index in [0.717, 1.165) is 18.7 Å². The molecule has 4 heteroatoms. The Hall–Kier alpha value is -0.220. The molecule has 1 N–H and O–H groups in total. The summed E-state index contributed by atoms with van der Waals surface area (Å²) in [7, 11) is 0. The van der Waals surface area contributed by atoms with Crippen LogP contribution in [0.25, 0.3) is 0 Å². The summed E-state index contributed by atoms with van der Waals surface area (Å²) in [5, 5.41) is 2.95. The second kappa shape index (κ2) is 4.72. The molecule has 1 fully saturated rings. The topological polar surface area (TPSA) is 38.3 Å². The third-order valence-electron chi connectivity index (χ3n) is 1.82. The molecule has 1 aliphatic rings. The van der Waals surface area contributed by atoms with E-state index in [2.05, 4.69) is 5.32 Å². The second-order valence-electron chi connectivity index (χ2n) is 2.86. The third-order valence-corrected chi connectivity index (χ3v) is 2.95. The Morgan fingerprint density at radius 3 is 3.08 bits per heavy atom. The molecule has 0 aromatic heterocycles. The van der Waals surface area contributed by atoms with Crippen LogP contribution in [0.15, 0.2) is 0 Å². The molecule has 0 radical (unpaired) electrons. The zero-order valence-corrected chi connectivity index (χ0v) is 8.32. The number of esters is 1. The smallest absolute Gasteiger partial charge is 0.333 e. The molecule has 1 aliphatic heterocycles. The lowest BCUT2D eigenvalue weighted by Gasteiger charge is -2.14. The van der Waals surface area contributed by atoms with E-state index in [9.17, 15) is 4.79 Å². The first kappa shape index (κ1) is 9.86. The summed E-state index contributed by atoms with van der Waals surface area (Å²) >= 11 is 1.62. The average molecular weight is 189 g/mol. The predicted octanol–water partition coefficient (Wildman–Crippen LogP) is 0.991. The highest BCUT2D eigenvalue weighted by molar-refractivity contribution is 8.00. The van der Waals surface area contributed by atoms with Gasteiger partial charge in [-0.15, -0.1) is 11.8 Å². The highest BCUT2D eigenvalue weighted by Crippen LogP contribution is 2.15. The van der Waals surface area contributed by atoms with Crippen molar-refractivity contribution >= 4 is 17.7 Å². The van der Waals surface area contributed by atoms with E-state index in [1.165, 1.54) is 0 Å². The quantitative estimate of drug-likeness (QED) is 0.672. The Morgan fingerprint density at radius 1 is 1.83 bits per heavy atom. The van der Waals surface area contributed by atoms with E-state index in [1.807, 2.05) is 13.8 Å². The molecule has 0 aliphatic carbocycles. The van der Waals surface area contributed by atoms with Crippen molar-refractivity contribution in [1.29, 1.82) is 0 Å². The van der Waals surface area contributed by atoms with Gasteiger partial charge in [-0.05, 0) is 13.3 Å². The van der Waals surface area contributed by atoms with E-state index < -0.39 is 0 Å². The summed E-state index contributed by atoms with van der Waals surface area (Å²) in [6.07, 6.45) is 0.920. The van der Waals surface area contributed by atoms with Gasteiger partial charge in [0.1, 0.15) is 0 Å². The maximum Gasteiger partial charge on any atom is 0.333 e. The predicted molar refractivity (Wildman–Crippen MR) is 50.1 cm³/mol. The minimum Gasteiger partial charge on any atom is -0.461 e. The molecule has 70 valence electrons. The van der Waals surface area contributed by atoms with Gasteiger partial charge in [0.25, 0.3) is 0 Å². The first-order valence-electron chi connectivity index (χ1n) is 4.29. The van der Waals surface area contributed by atoms with Crippen LogP contribution >= 0.6 is 11.8 Å². The van der Waals surface area contributed by atoms with Gasteiger partial charge in [0.15, 0.2) is 5.37 Å². The van der Waals surface area contributed by atoms with E-state index in [-0.39, 0.29) is 17.4 Å². The zero-order chi connectivity index (χ0) is 8.97. The first-order valence-corrected chi connectivity index (χ1v) is 5.34. The molecule has 2 atom stereocenters. The summed E-state index contributed by atoms with van der Waals surface area (Å²) in [6.45, 7) is 4.83. The van der Waals surface area contributed by atoms with Crippen LogP contribution in [0.5, 0.6) is 0 Å². The maximum absolute atomic E-state index is 11.3. The highest BCUT2D eigenvalue weighted by Gasteiger charge is 2.24. The molecule has 0 bridgehead atoms. The standard InChI is InChI=1S/C8H15NO2S/c1-3-6(2)11-8(10)7-9-4-5-12-7/h6-7,9H,3-5H2,1-2H3. The van der Waals surface area contributed by atoms with E-state index >= 15 is 0 Å². The van der Waals surface area contributed by atoms with Crippen molar-refractivity contribution in [3.8, 4) is 0 Å². The first-order chi connectivity index (χ1) is 5.74. The van der Waals surface area contributed by atoms with Gasteiger partial charge in [0.05, 0.1) is 6.10 Å². The van der Waals surface area contributed by atoms with Gasteiger partial charge in [-0.2, -0.15) is 0 Å². The minimum absolute atomic E-state index is 0.0421. The van der Waals surface area contributed by atoms with Gasteiger partial charge >= 0.3 is 5.97 Å². The van der Waals surface area contributed by atoms with Crippen molar-refractivity contribution in [2.24, 2.45) is 0 Å². The van der Waals surface area contributed by atoms with Crippen LogP contribution in [0, 0.1) is 0 Å². The normalized spacial score (nSPS) is 25.3. The van der Waals surface area contributed by atoms with Crippen molar-refractivity contribution in [1.82, 2.24) is 5.32 Å². The fraction of sp³-hybridized carbons (Fsp3) is 0.875. The number of carbonyl (C=O) groups excluding carboxylic acids is 1. The van der Waals surface area contributed by atoms with Crippen LogP contribution < -0.4 is 5.32 Å². The largest absolute Gasteiger partial charge is 0.461 e. The van der Waals surface area contributed by atoms with Crippen LogP contribution in [0.4, 0.5) is 0 Å². The van der Waals surface area contributed by atoms with Crippen molar-refractivity contribution in [2.45, 2.75) is 31.7 Å². The van der Waals surface area contributed by atoms with Crippen molar-refractivity contribution in [2.75, 3.05) is 12.3 Å². The monoisotopic (exact) mass is 189 g/mol. The number of rotatable bonds is 3. The Morgan fingerprint density at radius 2 is 2.58 bits per heavy atom. The lowest BCUT2D eigenvalue weighted by Crippen LogP contribution is -2.32. The minimum atomic E-state index is -0.126. The van der Waals surface area contributed by atoms with Crippen LogP contribution in [0.3, 0.4) is 0 Å².